The van der Waals surface area contributed by atoms with Gasteiger partial charge in [-0.15, -0.1) is 0 Å². The zero-order valence-corrected chi connectivity index (χ0v) is 15.3. The maximum atomic E-state index is 12.8. The molecule has 6 nitrogen and oxygen atoms in total. The van der Waals surface area contributed by atoms with Crippen molar-refractivity contribution in [3.05, 3.63) is 47.0 Å². The summed E-state index contributed by atoms with van der Waals surface area (Å²) < 4.78 is 10.5. The lowest BCUT2D eigenvalue weighted by molar-refractivity contribution is -0.156. The average Bonchev–Trinajstić information content (AvgIpc) is 2.53. The third-order valence-corrected chi connectivity index (χ3v) is 4.07. The number of carbonyl (C=O) groups excluding carboxylic acids is 4. The Balaban J connectivity index is 2.27. The molecule has 0 heterocycles. The molecule has 1 aromatic rings. The minimum atomic E-state index is -0.882. The fourth-order valence-electron chi connectivity index (χ4n) is 2.97. The Kier molecular flexibility index (Phi) is 5.75. The molecule has 0 aromatic heterocycles. The zero-order chi connectivity index (χ0) is 19.5. The molecule has 1 aliphatic rings. The summed E-state index contributed by atoms with van der Waals surface area (Å²) in [6.45, 7) is 6.02. The second-order valence-corrected chi connectivity index (χ2v) is 6.83. The second kappa shape index (κ2) is 7.64. The van der Waals surface area contributed by atoms with Crippen molar-refractivity contribution < 1.29 is 28.7 Å². The number of hydrogen-bond donors (Lipinski definition) is 0. The summed E-state index contributed by atoms with van der Waals surface area (Å²) in [5.41, 5.74) is -0.0123. The molecule has 0 spiro atoms. The lowest BCUT2D eigenvalue weighted by atomic mass is 9.85. The first-order valence-corrected chi connectivity index (χ1v) is 8.37. The van der Waals surface area contributed by atoms with Gasteiger partial charge in [0.15, 0.2) is 11.6 Å². The molecule has 0 N–H and O–H groups in total. The molecule has 2 rings (SSSR count). The van der Waals surface area contributed by atoms with E-state index >= 15 is 0 Å². The largest absolute Gasteiger partial charge is 0.460 e. The minimum absolute atomic E-state index is 0.141. The van der Waals surface area contributed by atoms with Gasteiger partial charge in [-0.2, -0.15) is 0 Å². The van der Waals surface area contributed by atoms with Crippen LogP contribution in [0.3, 0.4) is 0 Å². The Morgan fingerprint density at radius 1 is 1.04 bits per heavy atom. The van der Waals surface area contributed by atoms with Crippen LogP contribution < -0.4 is 0 Å². The van der Waals surface area contributed by atoms with Gasteiger partial charge in [-0.1, -0.05) is 24.3 Å². The zero-order valence-electron chi connectivity index (χ0n) is 15.3. The van der Waals surface area contributed by atoms with Crippen molar-refractivity contribution in [2.24, 2.45) is 0 Å². The monoisotopic (exact) mass is 358 g/mol. The van der Waals surface area contributed by atoms with Crippen LogP contribution in [-0.4, -0.2) is 35.2 Å². The molecule has 0 amide bonds. The van der Waals surface area contributed by atoms with Crippen LogP contribution in [0.2, 0.25) is 0 Å². The van der Waals surface area contributed by atoms with E-state index in [4.69, 9.17) is 9.47 Å². The highest BCUT2D eigenvalue weighted by Gasteiger charge is 2.33. The molecular weight excluding hydrogens is 336 g/mol. The molecule has 138 valence electrons. The second-order valence-electron chi connectivity index (χ2n) is 6.83. The average molecular weight is 358 g/mol. The SMILES string of the molecule is CC(=O)OC(CCC(C)(C)OC(C)=O)C1=CC(=O)c2ccccc2C1=O. The lowest BCUT2D eigenvalue weighted by Gasteiger charge is -2.28. The number of rotatable bonds is 6. The van der Waals surface area contributed by atoms with Gasteiger partial charge in [0.05, 0.1) is 0 Å². The number of ketones is 2. The number of carbonyl (C=O) groups is 4. The van der Waals surface area contributed by atoms with Gasteiger partial charge in [0, 0.05) is 30.5 Å². The van der Waals surface area contributed by atoms with E-state index in [0.29, 0.717) is 17.5 Å². The van der Waals surface area contributed by atoms with Gasteiger partial charge in [-0.05, 0) is 32.8 Å². The fourth-order valence-corrected chi connectivity index (χ4v) is 2.97. The van der Waals surface area contributed by atoms with E-state index < -0.39 is 23.6 Å². The van der Waals surface area contributed by atoms with Crippen molar-refractivity contribution >= 4 is 23.5 Å². The Morgan fingerprint density at radius 3 is 2.23 bits per heavy atom. The van der Waals surface area contributed by atoms with Gasteiger partial charge in [0.2, 0.25) is 0 Å². The quantitative estimate of drug-likeness (QED) is 0.727. The topological polar surface area (TPSA) is 86.7 Å². The highest BCUT2D eigenvalue weighted by Crippen LogP contribution is 2.28. The van der Waals surface area contributed by atoms with E-state index in [0.717, 1.165) is 0 Å². The van der Waals surface area contributed by atoms with Gasteiger partial charge in [0.1, 0.15) is 11.7 Å². The van der Waals surface area contributed by atoms with Gasteiger partial charge in [0.25, 0.3) is 0 Å². The Labute approximate surface area is 152 Å². The van der Waals surface area contributed by atoms with E-state index in [9.17, 15) is 19.2 Å². The Bertz CT molecular complexity index is 787. The van der Waals surface area contributed by atoms with Crippen LogP contribution >= 0.6 is 0 Å². The van der Waals surface area contributed by atoms with Crippen molar-refractivity contribution in [2.75, 3.05) is 0 Å². The highest BCUT2D eigenvalue weighted by molar-refractivity contribution is 6.24. The smallest absolute Gasteiger partial charge is 0.303 e. The molecule has 0 saturated heterocycles. The van der Waals surface area contributed by atoms with Crippen LogP contribution in [0.5, 0.6) is 0 Å². The predicted octanol–water partition coefficient (Wildman–Crippen LogP) is 3.05. The number of ether oxygens (including phenoxy) is 2. The summed E-state index contributed by atoms with van der Waals surface area (Å²) in [4.78, 5) is 47.8. The molecule has 1 aliphatic carbocycles. The van der Waals surface area contributed by atoms with Crippen molar-refractivity contribution in [1.29, 1.82) is 0 Å². The first kappa shape index (κ1) is 19.6. The number of allylic oxidation sites excluding steroid dienone is 1. The van der Waals surface area contributed by atoms with E-state index in [1.807, 2.05) is 0 Å². The highest BCUT2D eigenvalue weighted by atomic mass is 16.6. The molecule has 0 radical (unpaired) electrons. The number of esters is 2. The summed E-state index contributed by atoms with van der Waals surface area (Å²) in [5.74, 6) is -1.61. The predicted molar refractivity (Wildman–Crippen MR) is 93.8 cm³/mol. The van der Waals surface area contributed by atoms with E-state index in [1.54, 1.807) is 38.1 Å². The van der Waals surface area contributed by atoms with Crippen molar-refractivity contribution in [1.82, 2.24) is 0 Å². The van der Waals surface area contributed by atoms with Crippen molar-refractivity contribution in [3.63, 3.8) is 0 Å². The molecule has 0 saturated carbocycles. The van der Waals surface area contributed by atoms with Crippen LogP contribution in [0.1, 0.15) is 61.3 Å². The van der Waals surface area contributed by atoms with Crippen molar-refractivity contribution in [2.45, 2.75) is 52.2 Å². The summed E-state index contributed by atoms with van der Waals surface area (Å²) in [6, 6.07) is 6.54. The number of benzene rings is 1. The minimum Gasteiger partial charge on any atom is -0.460 e. The molecule has 0 bridgehead atoms. The van der Waals surface area contributed by atoms with Gasteiger partial charge < -0.3 is 9.47 Å². The summed E-state index contributed by atoms with van der Waals surface area (Å²) in [7, 11) is 0. The third-order valence-electron chi connectivity index (χ3n) is 4.07. The molecule has 0 fully saturated rings. The van der Waals surface area contributed by atoms with Gasteiger partial charge in [-0.25, -0.2) is 0 Å². The first-order chi connectivity index (χ1) is 12.1. The lowest BCUT2D eigenvalue weighted by Crippen LogP contribution is -2.33. The van der Waals surface area contributed by atoms with Gasteiger partial charge >= 0.3 is 11.9 Å². The maximum Gasteiger partial charge on any atom is 0.303 e. The molecule has 1 atom stereocenters. The van der Waals surface area contributed by atoms with E-state index in [2.05, 4.69) is 0 Å². The summed E-state index contributed by atoms with van der Waals surface area (Å²) in [5, 5.41) is 0. The Morgan fingerprint density at radius 2 is 1.65 bits per heavy atom. The van der Waals surface area contributed by atoms with Gasteiger partial charge in [-0.3, -0.25) is 19.2 Å². The van der Waals surface area contributed by atoms with Crippen LogP contribution in [0, 0.1) is 0 Å². The van der Waals surface area contributed by atoms with E-state index in [1.165, 1.54) is 19.9 Å². The summed E-state index contributed by atoms with van der Waals surface area (Å²) in [6.07, 6.45) is 0.946. The summed E-state index contributed by atoms with van der Waals surface area (Å²) >= 11 is 0. The maximum absolute atomic E-state index is 12.8. The van der Waals surface area contributed by atoms with Crippen LogP contribution in [0.25, 0.3) is 0 Å². The normalized spacial score (nSPS) is 15.0. The standard InChI is InChI=1S/C20H22O6/c1-12(21)25-18(9-10-20(3,4)26-13(2)22)16-11-17(23)14-7-5-6-8-15(14)19(16)24/h5-8,11,18H,9-10H2,1-4H3. The number of fused-ring (bicyclic) bond motifs is 1. The van der Waals surface area contributed by atoms with Crippen LogP contribution in [-0.2, 0) is 19.1 Å². The molecule has 26 heavy (non-hydrogen) atoms. The number of hydrogen-bond acceptors (Lipinski definition) is 6. The van der Waals surface area contributed by atoms with Crippen LogP contribution in [0.4, 0.5) is 0 Å². The number of Topliss-reactive ketones (excluding diaryl/α,β-unsaturated/α-hetero) is 1. The first-order valence-electron chi connectivity index (χ1n) is 8.37. The molecule has 1 aromatic carbocycles. The van der Waals surface area contributed by atoms with E-state index in [-0.39, 0.29) is 23.6 Å². The molecule has 0 aliphatic heterocycles. The molecular formula is C20H22O6. The third kappa shape index (κ3) is 4.65. The Hall–Kier alpha value is -2.76. The molecule has 6 heteroatoms. The van der Waals surface area contributed by atoms with Crippen molar-refractivity contribution in [3.8, 4) is 0 Å². The fraction of sp³-hybridized carbons (Fsp3) is 0.400. The van der Waals surface area contributed by atoms with Crippen LogP contribution in [0.15, 0.2) is 35.9 Å². The molecule has 1 unspecified atom stereocenters.